The van der Waals surface area contributed by atoms with Crippen molar-refractivity contribution in [3.8, 4) is 11.5 Å². The number of carbonyl (C=O) groups is 2. The summed E-state index contributed by atoms with van der Waals surface area (Å²) in [7, 11) is 3.10. The van der Waals surface area contributed by atoms with Gasteiger partial charge in [-0.05, 0) is 43.5 Å². The van der Waals surface area contributed by atoms with Gasteiger partial charge in [-0.25, -0.2) is 4.79 Å². The van der Waals surface area contributed by atoms with E-state index >= 15 is 0 Å². The molecular formula is C17H21NO5. The lowest BCUT2D eigenvalue weighted by molar-refractivity contribution is -0.150. The summed E-state index contributed by atoms with van der Waals surface area (Å²) in [5, 5.41) is 2.79. The maximum absolute atomic E-state index is 11.8. The van der Waals surface area contributed by atoms with Crippen molar-refractivity contribution in [3.05, 3.63) is 29.8 Å². The van der Waals surface area contributed by atoms with Crippen LogP contribution < -0.4 is 14.8 Å². The number of benzene rings is 1. The molecule has 1 atom stereocenters. The van der Waals surface area contributed by atoms with Gasteiger partial charge in [-0.15, -0.1) is 0 Å². The van der Waals surface area contributed by atoms with Crippen molar-refractivity contribution in [2.75, 3.05) is 14.2 Å². The summed E-state index contributed by atoms with van der Waals surface area (Å²) in [5.41, 5.74) is 0.730. The van der Waals surface area contributed by atoms with Crippen molar-refractivity contribution in [2.24, 2.45) is 0 Å². The Morgan fingerprint density at radius 1 is 1.17 bits per heavy atom. The normalized spacial score (nSPS) is 15.1. The first-order valence-electron chi connectivity index (χ1n) is 7.44. The minimum Gasteiger partial charge on any atom is -0.497 e. The van der Waals surface area contributed by atoms with Crippen molar-refractivity contribution in [1.82, 2.24) is 5.32 Å². The highest BCUT2D eigenvalue weighted by molar-refractivity contribution is 5.90. The maximum Gasteiger partial charge on any atom is 0.331 e. The van der Waals surface area contributed by atoms with Gasteiger partial charge in [0.15, 0.2) is 6.10 Å². The van der Waals surface area contributed by atoms with Crippen molar-refractivity contribution >= 4 is 18.0 Å². The molecule has 1 aromatic carbocycles. The van der Waals surface area contributed by atoms with Crippen LogP contribution in [-0.2, 0) is 14.3 Å². The maximum atomic E-state index is 11.8. The molecule has 0 spiro atoms. The summed E-state index contributed by atoms with van der Waals surface area (Å²) in [6.45, 7) is 1.55. The highest BCUT2D eigenvalue weighted by Gasteiger charge is 2.26. The zero-order chi connectivity index (χ0) is 16.8. The predicted molar refractivity (Wildman–Crippen MR) is 85.3 cm³/mol. The molecule has 0 unspecified atom stereocenters. The number of esters is 1. The first-order valence-corrected chi connectivity index (χ1v) is 7.44. The fraction of sp³-hybridized carbons (Fsp3) is 0.412. The SMILES string of the molecule is COc1cc(/C=C/C(=O)O[C@H](C)C(=O)NC2CC2)cc(OC)c1. The Bertz CT molecular complexity index is 585. The quantitative estimate of drug-likeness (QED) is 0.614. The summed E-state index contributed by atoms with van der Waals surface area (Å²) in [6, 6.07) is 5.49. The molecule has 124 valence electrons. The fourth-order valence-electron chi connectivity index (χ4n) is 1.90. The lowest BCUT2D eigenvalue weighted by Gasteiger charge is -2.11. The number of methoxy groups -OCH3 is 2. The molecule has 0 aromatic heterocycles. The van der Waals surface area contributed by atoms with E-state index in [0.29, 0.717) is 11.5 Å². The zero-order valence-electron chi connectivity index (χ0n) is 13.5. The van der Waals surface area contributed by atoms with Gasteiger partial charge < -0.3 is 19.5 Å². The van der Waals surface area contributed by atoms with E-state index in [0.717, 1.165) is 18.4 Å². The van der Waals surface area contributed by atoms with E-state index in [1.54, 1.807) is 45.4 Å². The molecule has 1 aliphatic rings. The molecule has 2 rings (SSSR count). The van der Waals surface area contributed by atoms with Crippen molar-refractivity contribution in [1.29, 1.82) is 0 Å². The second-order valence-electron chi connectivity index (χ2n) is 5.34. The molecule has 0 saturated heterocycles. The number of carbonyl (C=O) groups excluding carboxylic acids is 2. The topological polar surface area (TPSA) is 73.9 Å². The van der Waals surface area contributed by atoms with Gasteiger partial charge in [0.2, 0.25) is 0 Å². The average molecular weight is 319 g/mol. The van der Waals surface area contributed by atoms with E-state index in [1.807, 2.05) is 0 Å². The summed E-state index contributed by atoms with van der Waals surface area (Å²) >= 11 is 0. The molecule has 1 saturated carbocycles. The minimum atomic E-state index is -0.812. The first-order chi connectivity index (χ1) is 11.0. The molecule has 0 aliphatic heterocycles. The first kappa shape index (κ1) is 16.9. The second-order valence-corrected chi connectivity index (χ2v) is 5.34. The van der Waals surface area contributed by atoms with Crippen molar-refractivity contribution in [3.63, 3.8) is 0 Å². The van der Waals surface area contributed by atoms with Gasteiger partial charge in [-0.2, -0.15) is 0 Å². The van der Waals surface area contributed by atoms with Gasteiger partial charge in [0.05, 0.1) is 14.2 Å². The Kier molecular flexibility index (Phi) is 5.62. The third-order valence-corrected chi connectivity index (χ3v) is 3.37. The van der Waals surface area contributed by atoms with Gasteiger partial charge in [0, 0.05) is 18.2 Å². The molecule has 1 N–H and O–H groups in total. The van der Waals surface area contributed by atoms with Crippen LogP contribution in [0.3, 0.4) is 0 Å². The van der Waals surface area contributed by atoms with E-state index in [-0.39, 0.29) is 11.9 Å². The molecule has 0 radical (unpaired) electrons. The van der Waals surface area contributed by atoms with Crippen LogP contribution in [0.2, 0.25) is 0 Å². The van der Waals surface area contributed by atoms with Crippen LogP contribution in [0.25, 0.3) is 6.08 Å². The minimum absolute atomic E-state index is 0.239. The smallest absolute Gasteiger partial charge is 0.331 e. The Hall–Kier alpha value is -2.50. The van der Waals surface area contributed by atoms with Crippen LogP contribution >= 0.6 is 0 Å². The van der Waals surface area contributed by atoms with Crippen LogP contribution in [0.15, 0.2) is 24.3 Å². The number of ether oxygens (including phenoxy) is 3. The van der Waals surface area contributed by atoms with E-state index in [4.69, 9.17) is 14.2 Å². The van der Waals surface area contributed by atoms with Crippen molar-refractivity contribution in [2.45, 2.75) is 31.9 Å². The highest BCUT2D eigenvalue weighted by atomic mass is 16.5. The number of rotatable bonds is 7. The molecule has 23 heavy (non-hydrogen) atoms. The van der Waals surface area contributed by atoms with E-state index in [1.165, 1.54) is 6.08 Å². The van der Waals surface area contributed by atoms with E-state index < -0.39 is 12.1 Å². The van der Waals surface area contributed by atoms with Crippen LogP contribution in [0.4, 0.5) is 0 Å². The van der Waals surface area contributed by atoms with Gasteiger partial charge in [0.1, 0.15) is 11.5 Å². The molecule has 1 amide bonds. The Balaban J connectivity index is 1.93. The standard InChI is InChI=1S/C17H21NO5/c1-11(17(20)18-13-5-6-13)23-16(19)7-4-12-8-14(21-2)10-15(9-12)22-3/h4,7-11,13H,5-6H2,1-3H3,(H,18,20)/b7-4+/t11-/m1/s1. The summed E-state index contributed by atoms with van der Waals surface area (Å²) < 4.78 is 15.4. The average Bonchev–Trinajstić information content (AvgIpc) is 3.36. The van der Waals surface area contributed by atoms with Gasteiger partial charge in [-0.1, -0.05) is 0 Å². The van der Waals surface area contributed by atoms with E-state index in [9.17, 15) is 9.59 Å². The number of nitrogens with one attached hydrogen (secondary N) is 1. The van der Waals surface area contributed by atoms with E-state index in [2.05, 4.69) is 5.32 Å². The molecular weight excluding hydrogens is 298 g/mol. The lowest BCUT2D eigenvalue weighted by Crippen LogP contribution is -2.36. The second kappa shape index (κ2) is 7.67. The molecule has 6 heteroatoms. The molecule has 1 aliphatic carbocycles. The Morgan fingerprint density at radius 2 is 1.78 bits per heavy atom. The third-order valence-electron chi connectivity index (χ3n) is 3.37. The molecule has 1 fully saturated rings. The molecule has 1 aromatic rings. The third kappa shape index (κ3) is 5.32. The van der Waals surface area contributed by atoms with Crippen LogP contribution in [-0.4, -0.2) is 38.2 Å². The molecule has 0 bridgehead atoms. The predicted octanol–water partition coefficient (Wildman–Crippen LogP) is 1.93. The molecule has 6 nitrogen and oxygen atoms in total. The van der Waals surface area contributed by atoms with Crippen LogP contribution in [0.5, 0.6) is 11.5 Å². The largest absolute Gasteiger partial charge is 0.497 e. The molecule has 0 heterocycles. The lowest BCUT2D eigenvalue weighted by atomic mass is 10.2. The number of hydrogen-bond acceptors (Lipinski definition) is 5. The Labute approximate surface area is 135 Å². The van der Waals surface area contributed by atoms with Gasteiger partial charge >= 0.3 is 5.97 Å². The van der Waals surface area contributed by atoms with Crippen LogP contribution in [0.1, 0.15) is 25.3 Å². The summed E-state index contributed by atoms with van der Waals surface area (Å²) in [4.78, 5) is 23.5. The Morgan fingerprint density at radius 3 is 2.30 bits per heavy atom. The van der Waals surface area contributed by atoms with Gasteiger partial charge in [-0.3, -0.25) is 4.79 Å². The van der Waals surface area contributed by atoms with Crippen LogP contribution in [0, 0.1) is 0 Å². The number of hydrogen-bond donors (Lipinski definition) is 1. The van der Waals surface area contributed by atoms with Gasteiger partial charge in [0.25, 0.3) is 5.91 Å². The fourth-order valence-corrected chi connectivity index (χ4v) is 1.90. The zero-order valence-corrected chi connectivity index (χ0v) is 13.5. The summed E-state index contributed by atoms with van der Waals surface area (Å²) in [5.74, 6) is 0.395. The number of amides is 1. The summed E-state index contributed by atoms with van der Waals surface area (Å²) in [6.07, 6.45) is 4.02. The highest BCUT2D eigenvalue weighted by Crippen LogP contribution is 2.23. The van der Waals surface area contributed by atoms with Crippen molar-refractivity contribution < 1.29 is 23.8 Å². The monoisotopic (exact) mass is 319 g/mol.